The molecular formula is C32H48O2. The van der Waals surface area contributed by atoms with Gasteiger partial charge in [0.2, 0.25) is 0 Å². The first-order valence-electron chi connectivity index (χ1n) is 14.3. The van der Waals surface area contributed by atoms with E-state index in [9.17, 15) is 0 Å². The van der Waals surface area contributed by atoms with E-state index in [1.807, 2.05) is 24.3 Å². The van der Waals surface area contributed by atoms with Crippen molar-refractivity contribution in [2.75, 3.05) is 13.2 Å². The summed E-state index contributed by atoms with van der Waals surface area (Å²) in [6.07, 6.45) is 22.9. The normalized spacial score (nSPS) is 25.0. The molecule has 0 aromatic heterocycles. The molecule has 0 spiro atoms. The maximum atomic E-state index is 6.06. The summed E-state index contributed by atoms with van der Waals surface area (Å²) in [5.41, 5.74) is 0. The maximum absolute atomic E-state index is 6.06. The summed E-state index contributed by atoms with van der Waals surface area (Å²) in [5.74, 6) is 11.8. The summed E-state index contributed by atoms with van der Waals surface area (Å²) in [6.45, 7) is 6.09. The van der Waals surface area contributed by atoms with Crippen LogP contribution in [0.25, 0.3) is 0 Å². The summed E-state index contributed by atoms with van der Waals surface area (Å²) >= 11 is 0. The number of unbranched alkanes of at least 4 members (excludes halogenated alkanes) is 3. The maximum Gasteiger partial charge on any atom is 0.119 e. The fourth-order valence-corrected chi connectivity index (χ4v) is 5.36. The molecule has 0 atom stereocenters. The minimum atomic E-state index is 0.565. The molecule has 34 heavy (non-hydrogen) atoms. The first-order chi connectivity index (χ1) is 16.8. The predicted molar refractivity (Wildman–Crippen MR) is 144 cm³/mol. The van der Waals surface area contributed by atoms with E-state index in [0.717, 1.165) is 49.4 Å². The largest absolute Gasteiger partial charge is 0.494 e. The third kappa shape index (κ3) is 10.2. The fraction of sp³-hybridized carbons (Fsp3) is 0.688. The summed E-state index contributed by atoms with van der Waals surface area (Å²) in [4.78, 5) is 0. The molecule has 2 heteroatoms. The Bertz CT molecular complexity index is 737. The molecule has 3 rings (SSSR count). The van der Waals surface area contributed by atoms with Crippen LogP contribution in [0.1, 0.15) is 104 Å². The Labute approximate surface area is 209 Å². The fourth-order valence-electron chi connectivity index (χ4n) is 5.36. The molecule has 0 radical (unpaired) electrons. The van der Waals surface area contributed by atoms with Crippen molar-refractivity contribution in [1.29, 1.82) is 0 Å². The molecule has 2 aliphatic carbocycles. The molecule has 0 saturated heterocycles. The molecule has 0 unspecified atom stereocenters. The molecule has 2 nitrogen and oxygen atoms in total. The summed E-state index contributed by atoms with van der Waals surface area (Å²) in [6, 6.07) is 8.10. The van der Waals surface area contributed by atoms with Gasteiger partial charge in [-0.3, -0.25) is 0 Å². The highest BCUT2D eigenvalue weighted by molar-refractivity contribution is 5.31. The van der Waals surface area contributed by atoms with Crippen LogP contribution >= 0.6 is 0 Å². The highest BCUT2D eigenvalue weighted by Gasteiger charge is 2.21. The molecule has 188 valence electrons. The lowest BCUT2D eigenvalue weighted by atomic mass is 9.79. The summed E-state index contributed by atoms with van der Waals surface area (Å²) in [5, 5.41) is 0. The molecule has 0 amide bonds. The van der Waals surface area contributed by atoms with Gasteiger partial charge in [-0.1, -0.05) is 63.9 Å². The molecule has 1 aromatic carbocycles. The highest BCUT2D eigenvalue weighted by Crippen LogP contribution is 2.33. The number of benzene rings is 1. The third-order valence-electron chi connectivity index (χ3n) is 7.77. The van der Waals surface area contributed by atoms with E-state index in [4.69, 9.17) is 9.47 Å². The van der Waals surface area contributed by atoms with Crippen molar-refractivity contribution in [3.05, 3.63) is 36.4 Å². The van der Waals surface area contributed by atoms with Crippen molar-refractivity contribution < 1.29 is 9.47 Å². The molecule has 2 saturated carbocycles. The van der Waals surface area contributed by atoms with Crippen molar-refractivity contribution in [3.63, 3.8) is 0 Å². The quantitative estimate of drug-likeness (QED) is 0.227. The lowest BCUT2D eigenvalue weighted by Crippen LogP contribution is -2.19. The van der Waals surface area contributed by atoms with E-state index in [1.165, 1.54) is 77.0 Å². The second-order valence-electron chi connectivity index (χ2n) is 10.6. The first kappa shape index (κ1) is 26.7. The molecular weight excluding hydrogens is 416 g/mol. The SMILES string of the molecule is CCCCCC1CCC(/C=C/C#CC2CCC(COc3ccc(OCCCC)cc3)CC2)CC1. The smallest absolute Gasteiger partial charge is 0.119 e. The zero-order chi connectivity index (χ0) is 23.8. The molecule has 2 aliphatic rings. The van der Waals surface area contributed by atoms with Gasteiger partial charge in [0.15, 0.2) is 0 Å². The topological polar surface area (TPSA) is 18.5 Å². The molecule has 0 N–H and O–H groups in total. The van der Waals surface area contributed by atoms with Crippen molar-refractivity contribution in [2.24, 2.45) is 23.7 Å². The zero-order valence-corrected chi connectivity index (χ0v) is 21.9. The second kappa shape index (κ2) is 15.9. The van der Waals surface area contributed by atoms with E-state index in [-0.39, 0.29) is 0 Å². The van der Waals surface area contributed by atoms with Crippen LogP contribution in [-0.2, 0) is 0 Å². The van der Waals surface area contributed by atoms with E-state index in [1.54, 1.807) is 0 Å². The van der Waals surface area contributed by atoms with Crippen LogP contribution in [0, 0.1) is 35.5 Å². The number of allylic oxidation sites excluding steroid dienone is 2. The third-order valence-corrected chi connectivity index (χ3v) is 7.77. The standard InChI is InChI=1S/C32H48O2/c1-3-5-7-10-27-13-15-28(16-14-27)11-8-9-12-29-17-19-30(20-18-29)26-34-32-23-21-31(22-24-32)33-25-6-4-2/h8,11,21-24,27-30H,3-7,10,13-20,25-26H2,1-2H3/b11-8+. The molecule has 0 aliphatic heterocycles. The second-order valence-corrected chi connectivity index (χ2v) is 10.6. The Kier molecular flexibility index (Phi) is 12.5. The van der Waals surface area contributed by atoms with E-state index < -0.39 is 0 Å². The van der Waals surface area contributed by atoms with Gasteiger partial charge >= 0.3 is 0 Å². The Hall–Kier alpha value is -1.88. The van der Waals surface area contributed by atoms with Gasteiger partial charge in [0, 0.05) is 5.92 Å². The van der Waals surface area contributed by atoms with Crippen LogP contribution in [0.15, 0.2) is 36.4 Å². The number of rotatable bonds is 12. The molecule has 1 aromatic rings. The van der Waals surface area contributed by atoms with Crippen LogP contribution in [0.5, 0.6) is 11.5 Å². The molecule has 2 fully saturated rings. The average molecular weight is 465 g/mol. The predicted octanol–water partition coefficient (Wildman–Crippen LogP) is 9.00. The zero-order valence-electron chi connectivity index (χ0n) is 21.9. The van der Waals surface area contributed by atoms with E-state index in [0.29, 0.717) is 11.8 Å². The van der Waals surface area contributed by atoms with Gasteiger partial charge < -0.3 is 9.47 Å². The highest BCUT2D eigenvalue weighted by atomic mass is 16.5. The van der Waals surface area contributed by atoms with Gasteiger partial charge in [-0.05, 0) is 106 Å². The minimum Gasteiger partial charge on any atom is -0.494 e. The van der Waals surface area contributed by atoms with E-state index >= 15 is 0 Å². The van der Waals surface area contributed by atoms with Gasteiger partial charge in [0.05, 0.1) is 13.2 Å². The van der Waals surface area contributed by atoms with Crippen LogP contribution < -0.4 is 9.47 Å². The average Bonchev–Trinajstić information content (AvgIpc) is 2.88. The Morgan fingerprint density at radius 1 is 0.765 bits per heavy atom. The van der Waals surface area contributed by atoms with Crippen LogP contribution in [0.4, 0.5) is 0 Å². The van der Waals surface area contributed by atoms with Crippen molar-refractivity contribution in [1.82, 2.24) is 0 Å². The lowest BCUT2D eigenvalue weighted by Gasteiger charge is -2.26. The van der Waals surface area contributed by atoms with Gasteiger partial charge in [-0.15, -0.1) is 0 Å². The Balaban J connectivity index is 1.27. The number of ether oxygens (including phenoxy) is 2. The summed E-state index contributed by atoms with van der Waals surface area (Å²) < 4.78 is 11.8. The van der Waals surface area contributed by atoms with Crippen LogP contribution in [-0.4, -0.2) is 13.2 Å². The first-order valence-corrected chi connectivity index (χ1v) is 14.3. The van der Waals surface area contributed by atoms with Gasteiger partial charge in [0.1, 0.15) is 11.5 Å². The summed E-state index contributed by atoms with van der Waals surface area (Å²) in [7, 11) is 0. The Morgan fingerprint density at radius 3 is 2.09 bits per heavy atom. The van der Waals surface area contributed by atoms with Crippen molar-refractivity contribution >= 4 is 0 Å². The van der Waals surface area contributed by atoms with Crippen LogP contribution in [0.3, 0.4) is 0 Å². The van der Waals surface area contributed by atoms with Crippen LogP contribution in [0.2, 0.25) is 0 Å². The van der Waals surface area contributed by atoms with Gasteiger partial charge in [-0.25, -0.2) is 0 Å². The van der Waals surface area contributed by atoms with E-state index in [2.05, 4.69) is 37.8 Å². The number of hydrogen-bond acceptors (Lipinski definition) is 2. The number of hydrogen-bond donors (Lipinski definition) is 0. The molecule has 0 bridgehead atoms. The van der Waals surface area contributed by atoms with Gasteiger partial charge in [0.25, 0.3) is 0 Å². The van der Waals surface area contributed by atoms with Crippen molar-refractivity contribution in [2.45, 2.75) is 104 Å². The minimum absolute atomic E-state index is 0.565. The molecule has 0 heterocycles. The van der Waals surface area contributed by atoms with Crippen molar-refractivity contribution in [3.8, 4) is 23.3 Å². The Morgan fingerprint density at radius 2 is 1.41 bits per heavy atom. The monoisotopic (exact) mass is 464 g/mol. The van der Waals surface area contributed by atoms with Gasteiger partial charge in [-0.2, -0.15) is 0 Å². The lowest BCUT2D eigenvalue weighted by molar-refractivity contribution is 0.196.